The first-order valence-electron chi connectivity index (χ1n) is 5.82. The number of nitrogens with zero attached hydrogens (tertiary/aromatic N) is 1. The maximum Gasteiger partial charge on any atom is 0.407 e. The molecular weight excluding hydrogens is 208 g/mol. The Bertz CT molecular complexity index is 248. The first-order valence-corrected chi connectivity index (χ1v) is 5.82. The molecule has 0 bridgehead atoms. The predicted octanol–water partition coefficient (Wildman–Crippen LogP) is 1.13. The molecule has 1 N–H and O–H groups in total. The Morgan fingerprint density at radius 2 is 1.88 bits per heavy atom. The van der Waals surface area contributed by atoms with Gasteiger partial charge in [-0.25, -0.2) is 4.79 Å². The third-order valence-corrected chi connectivity index (χ3v) is 2.44. The fraction of sp³-hybridized carbons (Fsp3) is 0.818. The van der Waals surface area contributed by atoms with Crippen molar-refractivity contribution in [3.8, 4) is 0 Å². The number of carbonyl (C=O) groups is 2. The van der Waals surface area contributed by atoms with E-state index in [9.17, 15) is 9.59 Å². The van der Waals surface area contributed by atoms with Gasteiger partial charge in [-0.05, 0) is 33.1 Å². The van der Waals surface area contributed by atoms with Crippen LogP contribution in [0.4, 0.5) is 4.79 Å². The van der Waals surface area contributed by atoms with Crippen molar-refractivity contribution in [1.82, 2.24) is 10.2 Å². The standard InChI is InChI=1S/C11H20N2O3/c1-9(2)16-11(15)12-8-10(14)13-6-4-3-5-7-13/h9H,3-8H2,1-2H3,(H,12,15). The number of piperidine rings is 1. The van der Waals surface area contributed by atoms with E-state index in [2.05, 4.69) is 5.32 Å². The molecule has 5 nitrogen and oxygen atoms in total. The third-order valence-electron chi connectivity index (χ3n) is 2.44. The summed E-state index contributed by atoms with van der Waals surface area (Å²) in [7, 11) is 0. The van der Waals surface area contributed by atoms with Crippen molar-refractivity contribution < 1.29 is 14.3 Å². The van der Waals surface area contributed by atoms with E-state index >= 15 is 0 Å². The van der Waals surface area contributed by atoms with E-state index in [4.69, 9.17) is 4.74 Å². The van der Waals surface area contributed by atoms with Gasteiger partial charge in [0, 0.05) is 13.1 Å². The second kappa shape index (κ2) is 6.35. The summed E-state index contributed by atoms with van der Waals surface area (Å²) in [6.45, 7) is 5.18. The van der Waals surface area contributed by atoms with Gasteiger partial charge in [-0.1, -0.05) is 0 Å². The largest absolute Gasteiger partial charge is 0.447 e. The topological polar surface area (TPSA) is 58.6 Å². The smallest absolute Gasteiger partial charge is 0.407 e. The Balaban J connectivity index is 2.21. The van der Waals surface area contributed by atoms with E-state index in [0.29, 0.717) is 0 Å². The third kappa shape index (κ3) is 4.51. The molecule has 1 rings (SSSR count). The number of rotatable bonds is 3. The monoisotopic (exact) mass is 228 g/mol. The second-order valence-electron chi connectivity index (χ2n) is 4.25. The second-order valence-corrected chi connectivity index (χ2v) is 4.25. The Hall–Kier alpha value is -1.26. The summed E-state index contributed by atoms with van der Waals surface area (Å²) in [5.74, 6) is -0.0274. The van der Waals surface area contributed by atoms with E-state index in [-0.39, 0.29) is 18.6 Å². The average Bonchev–Trinajstić information content (AvgIpc) is 2.26. The lowest BCUT2D eigenvalue weighted by atomic mass is 10.1. The van der Waals surface area contributed by atoms with E-state index in [1.54, 1.807) is 18.7 Å². The minimum Gasteiger partial charge on any atom is -0.447 e. The first-order chi connectivity index (χ1) is 7.59. The van der Waals surface area contributed by atoms with Crippen molar-refractivity contribution in [1.29, 1.82) is 0 Å². The van der Waals surface area contributed by atoms with Crippen LogP contribution in [0.1, 0.15) is 33.1 Å². The highest BCUT2D eigenvalue weighted by Crippen LogP contribution is 2.08. The SMILES string of the molecule is CC(C)OC(=O)NCC(=O)N1CCCCC1. The summed E-state index contributed by atoms with van der Waals surface area (Å²) in [4.78, 5) is 24.6. The predicted molar refractivity (Wildman–Crippen MR) is 60.1 cm³/mol. The van der Waals surface area contributed by atoms with Gasteiger partial charge in [0.05, 0.1) is 6.10 Å². The number of hydrogen-bond donors (Lipinski definition) is 1. The van der Waals surface area contributed by atoms with Gasteiger partial charge in [0.25, 0.3) is 0 Å². The van der Waals surface area contributed by atoms with E-state index in [1.807, 2.05) is 0 Å². The molecule has 1 aliphatic heterocycles. The fourth-order valence-corrected chi connectivity index (χ4v) is 1.66. The zero-order valence-electron chi connectivity index (χ0n) is 9.99. The van der Waals surface area contributed by atoms with Crippen LogP contribution in [0.2, 0.25) is 0 Å². The molecule has 0 saturated carbocycles. The van der Waals surface area contributed by atoms with Gasteiger partial charge in [-0.3, -0.25) is 4.79 Å². The molecule has 0 aromatic rings. The summed E-state index contributed by atoms with van der Waals surface area (Å²) < 4.78 is 4.87. The summed E-state index contributed by atoms with van der Waals surface area (Å²) >= 11 is 0. The lowest BCUT2D eigenvalue weighted by molar-refractivity contribution is -0.131. The van der Waals surface area contributed by atoms with Gasteiger partial charge >= 0.3 is 6.09 Å². The number of carbonyl (C=O) groups excluding carboxylic acids is 2. The maximum absolute atomic E-state index is 11.6. The highest BCUT2D eigenvalue weighted by Gasteiger charge is 2.17. The van der Waals surface area contributed by atoms with Gasteiger partial charge in [0.1, 0.15) is 6.54 Å². The van der Waals surface area contributed by atoms with E-state index < -0.39 is 6.09 Å². The Morgan fingerprint density at radius 3 is 2.44 bits per heavy atom. The van der Waals surface area contributed by atoms with Gasteiger partial charge in [0.2, 0.25) is 5.91 Å². The average molecular weight is 228 g/mol. The summed E-state index contributed by atoms with van der Waals surface area (Å²) in [5, 5.41) is 2.46. The van der Waals surface area contributed by atoms with Crippen LogP contribution in [-0.4, -0.2) is 42.6 Å². The summed E-state index contributed by atoms with van der Waals surface area (Å²) in [5.41, 5.74) is 0. The van der Waals surface area contributed by atoms with Crippen LogP contribution in [0.5, 0.6) is 0 Å². The van der Waals surface area contributed by atoms with E-state index in [0.717, 1.165) is 25.9 Å². The number of nitrogens with one attached hydrogen (secondary N) is 1. The lowest BCUT2D eigenvalue weighted by Crippen LogP contribution is -2.43. The lowest BCUT2D eigenvalue weighted by Gasteiger charge is -2.26. The molecule has 1 fully saturated rings. The minimum absolute atomic E-state index is 0.0274. The van der Waals surface area contributed by atoms with Crippen LogP contribution in [0.3, 0.4) is 0 Å². The molecule has 5 heteroatoms. The molecule has 1 heterocycles. The van der Waals surface area contributed by atoms with Crippen molar-refractivity contribution in [3.63, 3.8) is 0 Å². The van der Waals surface area contributed by atoms with Crippen LogP contribution in [0.25, 0.3) is 0 Å². The zero-order valence-corrected chi connectivity index (χ0v) is 9.99. The highest BCUT2D eigenvalue weighted by atomic mass is 16.6. The van der Waals surface area contributed by atoms with Gasteiger partial charge in [0.15, 0.2) is 0 Å². The molecule has 0 atom stereocenters. The Morgan fingerprint density at radius 1 is 1.25 bits per heavy atom. The summed E-state index contributed by atoms with van der Waals surface area (Å²) in [6.07, 6.45) is 2.61. The number of likely N-dealkylation sites (tertiary alicyclic amines) is 1. The zero-order chi connectivity index (χ0) is 12.0. The molecular formula is C11H20N2O3. The molecule has 0 aromatic heterocycles. The normalized spacial score (nSPS) is 16.1. The van der Waals surface area contributed by atoms with Crippen molar-refractivity contribution in [2.75, 3.05) is 19.6 Å². The van der Waals surface area contributed by atoms with Crippen LogP contribution < -0.4 is 5.32 Å². The molecule has 0 unspecified atom stereocenters. The fourth-order valence-electron chi connectivity index (χ4n) is 1.66. The van der Waals surface area contributed by atoms with Gasteiger partial charge in [-0.15, -0.1) is 0 Å². The molecule has 1 aliphatic rings. The summed E-state index contributed by atoms with van der Waals surface area (Å²) in [6, 6.07) is 0. The molecule has 0 aromatic carbocycles. The Labute approximate surface area is 96.1 Å². The van der Waals surface area contributed by atoms with Gasteiger partial charge in [-0.2, -0.15) is 0 Å². The van der Waals surface area contributed by atoms with Crippen LogP contribution in [-0.2, 0) is 9.53 Å². The molecule has 0 spiro atoms. The van der Waals surface area contributed by atoms with Crippen molar-refractivity contribution in [2.24, 2.45) is 0 Å². The number of alkyl carbamates (subject to hydrolysis) is 1. The van der Waals surface area contributed by atoms with Crippen LogP contribution >= 0.6 is 0 Å². The van der Waals surface area contributed by atoms with Crippen molar-refractivity contribution in [3.05, 3.63) is 0 Å². The molecule has 0 radical (unpaired) electrons. The molecule has 0 aliphatic carbocycles. The first kappa shape index (κ1) is 12.8. The van der Waals surface area contributed by atoms with E-state index in [1.165, 1.54) is 6.42 Å². The number of ether oxygens (including phenoxy) is 1. The van der Waals surface area contributed by atoms with Crippen molar-refractivity contribution >= 4 is 12.0 Å². The Kier molecular flexibility index (Phi) is 5.08. The molecule has 1 saturated heterocycles. The minimum atomic E-state index is -0.527. The molecule has 92 valence electrons. The number of hydrogen-bond acceptors (Lipinski definition) is 3. The van der Waals surface area contributed by atoms with Gasteiger partial charge < -0.3 is 15.0 Å². The number of amides is 2. The molecule has 16 heavy (non-hydrogen) atoms. The van der Waals surface area contributed by atoms with Crippen LogP contribution in [0.15, 0.2) is 0 Å². The highest BCUT2D eigenvalue weighted by molar-refractivity contribution is 5.82. The van der Waals surface area contributed by atoms with Crippen molar-refractivity contribution in [2.45, 2.75) is 39.2 Å². The maximum atomic E-state index is 11.6. The van der Waals surface area contributed by atoms with Crippen LogP contribution in [0, 0.1) is 0 Å². The quantitative estimate of drug-likeness (QED) is 0.788. The molecule has 2 amide bonds.